The van der Waals surface area contributed by atoms with E-state index in [4.69, 9.17) is 5.73 Å². The van der Waals surface area contributed by atoms with E-state index in [1.807, 2.05) is 37.3 Å². The average molecular weight is 345 g/mol. The third-order valence-electron chi connectivity index (χ3n) is 3.98. The van der Waals surface area contributed by atoms with Gasteiger partial charge in [0.15, 0.2) is 0 Å². The van der Waals surface area contributed by atoms with Gasteiger partial charge in [-0.15, -0.1) is 0 Å². The van der Waals surface area contributed by atoms with Crippen LogP contribution in [0.25, 0.3) is 5.57 Å². The first kappa shape index (κ1) is 19.3. The monoisotopic (exact) mass is 345 g/mol. The number of aliphatic imine (C=N–C) groups is 1. The van der Waals surface area contributed by atoms with Crippen molar-refractivity contribution in [3.05, 3.63) is 90.2 Å². The van der Waals surface area contributed by atoms with E-state index in [9.17, 15) is 0 Å². The molecule has 0 unspecified atom stereocenters. The number of nitrogen functional groups attached to an aromatic ring is 1. The molecule has 0 heterocycles. The molecule has 2 aromatic carbocycles. The molecule has 0 spiro atoms. The summed E-state index contributed by atoms with van der Waals surface area (Å²) in [4.78, 5) is 4.52. The molecule has 0 atom stereocenters. The Morgan fingerprint density at radius 1 is 1.15 bits per heavy atom. The van der Waals surface area contributed by atoms with Crippen LogP contribution in [0.5, 0.6) is 0 Å². The molecule has 0 saturated carbocycles. The summed E-state index contributed by atoms with van der Waals surface area (Å²) in [5, 5.41) is 3.34. The number of nitrogens with two attached hydrogens (primary N) is 1. The van der Waals surface area contributed by atoms with E-state index in [1.54, 1.807) is 6.20 Å². The Hall–Kier alpha value is -3.07. The van der Waals surface area contributed by atoms with Gasteiger partial charge in [-0.3, -0.25) is 0 Å². The van der Waals surface area contributed by atoms with Crippen LogP contribution in [0.3, 0.4) is 0 Å². The summed E-state index contributed by atoms with van der Waals surface area (Å²) < 4.78 is 0. The average Bonchev–Trinajstić information content (AvgIpc) is 2.63. The molecule has 0 aliphatic heterocycles. The Labute approximate surface area is 156 Å². The lowest BCUT2D eigenvalue weighted by molar-refractivity contribution is 1.30. The maximum atomic E-state index is 5.88. The summed E-state index contributed by atoms with van der Waals surface area (Å²) in [7, 11) is 0. The molecule has 0 aliphatic carbocycles. The number of aryl methyl sites for hydroxylation is 1. The normalized spacial score (nSPS) is 12.4. The molecule has 0 radical (unpaired) electrons. The van der Waals surface area contributed by atoms with Gasteiger partial charge in [-0.05, 0) is 55.7 Å². The molecule has 0 aliphatic rings. The van der Waals surface area contributed by atoms with Crippen LogP contribution in [-0.2, 0) is 0 Å². The number of allylic oxidation sites excluding steroid dienone is 3. The minimum Gasteiger partial charge on any atom is -0.399 e. The van der Waals surface area contributed by atoms with Gasteiger partial charge in [0.25, 0.3) is 0 Å². The van der Waals surface area contributed by atoms with Gasteiger partial charge < -0.3 is 11.1 Å². The molecule has 0 saturated heterocycles. The van der Waals surface area contributed by atoms with Crippen molar-refractivity contribution in [3.8, 4) is 0 Å². The summed E-state index contributed by atoms with van der Waals surface area (Å²) in [5.74, 6) is 0.737. The van der Waals surface area contributed by atoms with Crippen LogP contribution < -0.4 is 11.1 Å². The first-order valence-electron chi connectivity index (χ1n) is 8.75. The van der Waals surface area contributed by atoms with Crippen molar-refractivity contribution in [3.63, 3.8) is 0 Å². The van der Waals surface area contributed by atoms with Gasteiger partial charge in [0.2, 0.25) is 0 Å². The predicted molar refractivity (Wildman–Crippen MR) is 115 cm³/mol. The quantitative estimate of drug-likeness (QED) is 0.385. The van der Waals surface area contributed by atoms with E-state index < -0.39 is 0 Å². The van der Waals surface area contributed by atoms with Crippen LogP contribution in [0.1, 0.15) is 31.4 Å². The van der Waals surface area contributed by atoms with Gasteiger partial charge >= 0.3 is 0 Å². The number of amidine groups is 1. The van der Waals surface area contributed by atoms with Crippen molar-refractivity contribution in [1.29, 1.82) is 0 Å². The summed E-state index contributed by atoms with van der Waals surface area (Å²) in [6.07, 6.45) is 6.51. The highest BCUT2D eigenvalue weighted by molar-refractivity contribution is 6.09. The molecule has 134 valence electrons. The second-order valence-electron chi connectivity index (χ2n) is 6.17. The maximum Gasteiger partial charge on any atom is 0.133 e. The summed E-state index contributed by atoms with van der Waals surface area (Å²) in [6.45, 7) is 10.4. The van der Waals surface area contributed by atoms with Crippen LogP contribution in [-0.4, -0.2) is 5.84 Å². The number of benzene rings is 2. The number of rotatable bonds is 6. The highest BCUT2D eigenvalue weighted by Crippen LogP contribution is 2.24. The Balaban J connectivity index is 2.23. The zero-order chi connectivity index (χ0) is 18.9. The largest absolute Gasteiger partial charge is 0.399 e. The molecule has 3 nitrogen and oxygen atoms in total. The lowest BCUT2D eigenvalue weighted by Crippen LogP contribution is -2.14. The number of hydrogen-bond donors (Lipinski definition) is 2. The second-order valence-corrected chi connectivity index (χ2v) is 6.17. The predicted octanol–water partition coefficient (Wildman–Crippen LogP) is 5.97. The number of nitrogens with zero attached hydrogens (tertiary/aromatic N) is 1. The molecule has 0 fully saturated rings. The molecule has 0 aromatic heterocycles. The molecule has 2 rings (SSSR count). The van der Waals surface area contributed by atoms with E-state index in [-0.39, 0.29) is 0 Å². The highest BCUT2D eigenvalue weighted by Gasteiger charge is 2.10. The van der Waals surface area contributed by atoms with Crippen LogP contribution in [0.4, 0.5) is 11.4 Å². The van der Waals surface area contributed by atoms with Crippen LogP contribution in [0.15, 0.2) is 84.0 Å². The zero-order valence-electron chi connectivity index (χ0n) is 15.8. The van der Waals surface area contributed by atoms with Crippen molar-refractivity contribution in [2.24, 2.45) is 4.99 Å². The van der Waals surface area contributed by atoms with Gasteiger partial charge in [-0.1, -0.05) is 54.6 Å². The first-order valence-corrected chi connectivity index (χ1v) is 8.75. The minimum absolute atomic E-state index is 0.708. The number of anilines is 2. The van der Waals surface area contributed by atoms with E-state index in [2.05, 4.69) is 61.1 Å². The summed E-state index contributed by atoms with van der Waals surface area (Å²) in [5.41, 5.74) is 12.1. The van der Waals surface area contributed by atoms with Gasteiger partial charge in [0.05, 0.1) is 0 Å². The molecular formula is C23H27N3. The molecule has 26 heavy (non-hydrogen) atoms. The summed E-state index contributed by atoms with van der Waals surface area (Å²) >= 11 is 0. The topological polar surface area (TPSA) is 50.4 Å². The summed E-state index contributed by atoms with van der Waals surface area (Å²) in [6, 6.07) is 16.1. The smallest absolute Gasteiger partial charge is 0.133 e. The lowest BCUT2D eigenvalue weighted by Gasteiger charge is -2.15. The number of hydrogen-bond acceptors (Lipinski definition) is 2. The Bertz CT molecular complexity index is 857. The van der Waals surface area contributed by atoms with Crippen molar-refractivity contribution in [1.82, 2.24) is 0 Å². The van der Waals surface area contributed by atoms with Crippen molar-refractivity contribution in [2.75, 3.05) is 11.1 Å². The standard InChI is InChI=1S/C23H27N3/c1-5-13-25-23(26-22-12-8-11-21(24)16-22)18(4)15-19(6-2)20-10-7-9-17(3)14-20/h5-14,16H,4,15,24H2,1-3H3,(H,25,26)/b13-5-,19-6+. The van der Waals surface area contributed by atoms with Crippen molar-refractivity contribution in [2.45, 2.75) is 27.2 Å². The van der Waals surface area contributed by atoms with Crippen molar-refractivity contribution < 1.29 is 0 Å². The zero-order valence-corrected chi connectivity index (χ0v) is 15.8. The molecule has 3 N–H and O–H groups in total. The third kappa shape index (κ3) is 5.49. The third-order valence-corrected chi connectivity index (χ3v) is 3.98. The fourth-order valence-corrected chi connectivity index (χ4v) is 2.64. The second kappa shape index (κ2) is 9.42. The molecule has 2 aromatic rings. The number of nitrogens with one attached hydrogen (secondary N) is 1. The fourth-order valence-electron chi connectivity index (χ4n) is 2.64. The molecule has 0 bridgehead atoms. The van der Waals surface area contributed by atoms with Crippen LogP contribution in [0.2, 0.25) is 0 Å². The minimum atomic E-state index is 0.708. The SMILES string of the molecule is C=C(C/C(=C\C)c1cccc(C)c1)C(=N/C=C\C)Nc1cccc(N)c1. The fraction of sp³-hybridized carbons (Fsp3) is 0.174. The molecule has 0 amide bonds. The van der Waals surface area contributed by atoms with Gasteiger partial charge in [0, 0.05) is 24.0 Å². The molecule has 3 heteroatoms. The Kier molecular flexibility index (Phi) is 6.98. The highest BCUT2D eigenvalue weighted by atomic mass is 15.0. The van der Waals surface area contributed by atoms with Gasteiger partial charge in [-0.2, -0.15) is 0 Å². The van der Waals surface area contributed by atoms with Gasteiger partial charge in [-0.25, -0.2) is 4.99 Å². The van der Waals surface area contributed by atoms with E-state index >= 15 is 0 Å². The van der Waals surface area contributed by atoms with E-state index in [0.717, 1.165) is 17.1 Å². The van der Waals surface area contributed by atoms with E-state index in [0.29, 0.717) is 12.1 Å². The van der Waals surface area contributed by atoms with Gasteiger partial charge in [0.1, 0.15) is 5.84 Å². The van der Waals surface area contributed by atoms with Crippen LogP contribution in [0, 0.1) is 6.92 Å². The molecular weight excluding hydrogens is 318 g/mol. The lowest BCUT2D eigenvalue weighted by atomic mass is 9.97. The van der Waals surface area contributed by atoms with Crippen molar-refractivity contribution >= 4 is 22.8 Å². The van der Waals surface area contributed by atoms with E-state index in [1.165, 1.54) is 16.7 Å². The first-order chi connectivity index (χ1) is 12.5. The Morgan fingerprint density at radius 2 is 1.92 bits per heavy atom. The van der Waals surface area contributed by atoms with Crippen LogP contribution >= 0.6 is 0 Å². The Morgan fingerprint density at radius 3 is 2.58 bits per heavy atom. The maximum absolute atomic E-state index is 5.88.